The highest BCUT2D eigenvalue weighted by Gasteiger charge is 2.34. The molecule has 0 saturated carbocycles. The molecule has 1 aromatic carbocycles. The number of hydrogen-bond donors (Lipinski definition) is 4. The predicted octanol–water partition coefficient (Wildman–Crippen LogP) is 2.12. The molecule has 2 amide bonds. The van der Waals surface area contributed by atoms with E-state index in [1.165, 1.54) is 13.8 Å². The fourth-order valence-corrected chi connectivity index (χ4v) is 4.50. The lowest BCUT2D eigenvalue weighted by Gasteiger charge is -2.38. The Bertz CT molecular complexity index is 944. The minimum atomic E-state index is -0.631. The van der Waals surface area contributed by atoms with E-state index in [0.29, 0.717) is 6.54 Å². The van der Waals surface area contributed by atoms with Crippen molar-refractivity contribution in [2.24, 2.45) is 10.9 Å². The van der Waals surface area contributed by atoms with Gasteiger partial charge in [-0.25, -0.2) is 0 Å². The molecular weight excluding hydrogens is 446 g/mol. The van der Waals surface area contributed by atoms with Crippen molar-refractivity contribution in [2.45, 2.75) is 52.2 Å². The maximum atomic E-state index is 12.0. The van der Waals surface area contributed by atoms with E-state index in [4.69, 9.17) is 4.99 Å². The summed E-state index contributed by atoms with van der Waals surface area (Å²) in [6.07, 6.45) is 3.78. The molecule has 0 spiro atoms. The van der Waals surface area contributed by atoms with Crippen molar-refractivity contribution in [3.63, 3.8) is 0 Å². The van der Waals surface area contributed by atoms with E-state index in [-0.39, 0.29) is 37.0 Å². The van der Waals surface area contributed by atoms with E-state index < -0.39 is 6.17 Å². The van der Waals surface area contributed by atoms with Crippen LogP contribution in [0.1, 0.15) is 39.2 Å². The molecule has 1 aliphatic rings. The van der Waals surface area contributed by atoms with Crippen molar-refractivity contribution in [3.05, 3.63) is 35.4 Å². The predicted molar refractivity (Wildman–Crippen MR) is 141 cm³/mol. The lowest BCUT2D eigenvalue weighted by molar-refractivity contribution is -0.130. The highest BCUT2D eigenvalue weighted by Crippen LogP contribution is 2.30. The van der Waals surface area contributed by atoms with Crippen molar-refractivity contribution in [1.82, 2.24) is 9.80 Å². The van der Waals surface area contributed by atoms with Crippen LogP contribution in [0.4, 0.5) is 11.4 Å². The highest BCUT2D eigenvalue weighted by atomic mass is 16.3. The van der Waals surface area contributed by atoms with Crippen LogP contribution in [0.2, 0.25) is 0 Å². The van der Waals surface area contributed by atoms with E-state index in [2.05, 4.69) is 16.7 Å². The number of aliphatic hydroxyl groups is 2. The number of nitrogens with zero attached hydrogens (tertiary/aromatic N) is 3. The first-order valence-corrected chi connectivity index (χ1v) is 12.1. The van der Waals surface area contributed by atoms with Gasteiger partial charge in [0.2, 0.25) is 11.8 Å². The molecule has 0 saturated heterocycles. The van der Waals surface area contributed by atoms with Crippen LogP contribution < -0.4 is 10.6 Å². The molecule has 1 aromatic rings. The van der Waals surface area contributed by atoms with E-state index >= 15 is 0 Å². The van der Waals surface area contributed by atoms with Crippen LogP contribution in [0, 0.1) is 5.92 Å². The van der Waals surface area contributed by atoms with Crippen molar-refractivity contribution in [3.8, 4) is 0 Å². The molecule has 9 nitrogen and oxygen atoms in total. The average molecular weight is 488 g/mol. The molecular formula is C26H41N5O4. The zero-order chi connectivity index (χ0) is 26.1. The Labute approximate surface area is 208 Å². The number of carbonyl (C=O) groups is 2. The van der Waals surface area contributed by atoms with Gasteiger partial charge in [0.25, 0.3) is 0 Å². The Hall–Kier alpha value is -2.75. The van der Waals surface area contributed by atoms with Crippen LogP contribution in [0.5, 0.6) is 0 Å². The first kappa shape index (κ1) is 28.5. The molecule has 3 unspecified atom stereocenters. The second-order valence-electron chi connectivity index (χ2n) is 9.29. The molecule has 1 aliphatic carbocycles. The van der Waals surface area contributed by atoms with Crippen LogP contribution in [0.15, 0.2) is 34.8 Å². The van der Waals surface area contributed by atoms with E-state index in [9.17, 15) is 19.8 Å². The van der Waals surface area contributed by atoms with Crippen LogP contribution >= 0.6 is 0 Å². The van der Waals surface area contributed by atoms with Crippen molar-refractivity contribution in [2.75, 3.05) is 51.5 Å². The number of aliphatic hydroxyl groups excluding tert-OH is 2. The summed E-state index contributed by atoms with van der Waals surface area (Å²) < 4.78 is 0. The lowest BCUT2D eigenvalue weighted by atomic mass is 9.80. The monoisotopic (exact) mass is 487 g/mol. The summed E-state index contributed by atoms with van der Waals surface area (Å²) in [5, 5.41) is 26.5. The molecule has 194 valence electrons. The van der Waals surface area contributed by atoms with Crippen molar-refractivity contribution >= 4 is 28.9 Å². The normalized spacial score (nSPS) is 19.2. The second-order valence-corrected chi connectivity index (χ2v) is 9.29. The minimum absolute atomic E-state index is 0.0406. The summed E-state index contributed by atoms with van der Waals surface area (Å²) in [6, 6.07) is 5.58. The minimum Gasteiger partial charge on any atom is -0.396 e. The van der Waals surface area contributed by atoms with Crippen molar-refractivity contribution in [1.29, 1.82) is 0 Å². The zero-order valence-corrected chi connectivity index (χ0v) is 21.8. The smallest absolute Gasteiger partial charge is 0.221 e. The Kier molecular flexibility index (Phi) is 10.9. The Morgan fingerprint density at radius 2 is 1.91 bits per heavy atom. The number of carbonyl (C=O) groups excluding carboxylic acids is 2. The summed E-state index contributed by atoms with van der Waals surface area (Å²) in [6.45, 7) is 5.20. The number of amides is 2. The number of aryl methyl sites for hydroxylation is 1. The van der Waals surface area contributed by atoms with Crippen molar-refractivity contribution < 1.29 is 19.8 Å². The first-order valence-electron chi connectivity index (χ1n) is 12.1. The van der Waals surface area contributed by atoms with Gasteiger partial charge < -0.3 is 30.6 Å². The van der Waals surface area contributed by atoms with Gasteiger partial charge in [0, 0.05) is 50.8 Å². The van der Waals surface area contributed by atoms with Gasteiger partial charge in [-0.15, -0.1) is 0 Å². The van der Waals surface area contributed by atoms with Crippen LogP contribution in [0.3, 0.4) is 0 Å². The molecule has 2 rings (SSSR count). The lowest BCUT2D eigenvalue weighted by Crippen LogP contribution is -2.46. The molecule has 0 radical (unpaired) electrons. The molecule has 35 heavy (non-hydrogen) atoms. The topological polar surface area (TPSA) is 118 Å². The van der Waals surface area contributed by atoms with Crippen LogP contribution in [0.25, 0.3) is 0 Å². The maximum Gasteiger partial charge on any atom is 0.221 e. The SMILES string of the molecule is CCc1ccc(NC(CO)N=C(CN(C)C)C2=CCCC(N(C)C(C)=O)C2CO)cc1NC(C)=O. The van der Waals surface area contributed by atoms with Crippen LogP contribution in [-0.2, 0) is 16.0 Å². The van der Waals surface area contributed by atoms with Gasteiger partial charge in [0.05, 0.1) is 18.9 Å². The third-order valence-corrected chi connectivity index (χ3v) is 6.30. The quantitative estimate of drug-likeness (QED) is 0.355. The molecule has 9 heteroatoms. The number of rotatable bonds is 11. The molecule has 0 bridgehead atoms. The van der Waals surface area contributed by atoms with Gasteiger partial charge in [-0.05, 0) is 56.6 Å². The average Bonchev–Trinajstić information content (AvgIpc) is 2.81. The Morgan fingerprint density at radius 1 is 1.20 bits per heavy atom. The number of nitrogens with one attached hydrogen (secondary N) is 2. The van der Waals surface area contributed by atoms with Gasteiger partial charge in [-0.3, -0.25) is 14.6 Å². The van der Waals surface area contributed by atoms with Gasteiger partial charge in [0.1, 0.15) is 6.17 Å². The number of anilines is 2. The summed E-state index contributed by atoms with van der Waals surface area (Å²) in [5.74, 6) is -0.446. The number of benzene rings is 1. The van der Waals surface area contributed by atoms with E-state index in [1.54, 1.807) is 11.9 Å². The fourth-order valence-electron chi connectivity index (χ4n) is 4.50. The third kappa shape index (κ3) is 7.88. The summed E-state index contributed by atoms with van der Waals surface area (Å²) >= 11 is 0. The molecule has 0 heterocycles. The molecule has 4 N–H and O–H groups in total. The Morgan fingerprint density at radius 3 is 2.46 bits per heavy atom. The Balaban J connectivity index is 2.39. The molecule has 0 aliphatic heterocycles. The maximum absolute atomic E-state index is 12.0. The number of aliphatic imine (C=N–C) groups is 1. The summed E-state index contributed by atoms with van der Waals surface area (Å²) in [4.78, 5) is 32.2. The number of allylic oxidation sites excluding steroid dienone is 1. The highest BCUT2D eigenvalue weighted by molar-refractivity contribution is 6.02. The van der Waals surface area contributed by atoms with E-state index in [0.717, 1.165) is 47.5 Å². The van der Waals surface area contributed by atoms with Gasteiger partial charge in [-0.1, -0.05) is 19.1 Å². The largest absolute Gasteiger partial charge is 0.396 e. The fraction of sp³-hybridized carbons (Fsp3) is 0.577. The van der Waals surface area contributed by atoms with Crippen LogP contribution in [-0.4, -0.2) is 90.6 Å². The van der Waals surface area contributed by atoms with E-state index in [1.807, 2.05) is 44.1 Å². The van der Waals surface area contributed by atoms with Gasteiger partial charge >= 0.3 is 0 Å². The van der Waals surface area contributed by atoms with Gasteiger partial charge in [0.15, 0.2) is 0 Å². The molecule has 3 atom stereocenters. The standard InChI is InChI=1S/C26H41N5O4/c1-7-19-11-12-20(13-23(19)27-17(2)34)28-26(16-33)29-24(14-30(4)5)21-9-8-10-25(22(21)15-32)31(6)18(3)35/h9,11-13,22,25-26,28,32-33H,7-8,10,14-16H2,1-6H3,(H,27,34). The second kappa shape index (κ2) is 13.4. The first-order chi connectivity index (χ1) is 16.6. The summed E-state index contributed by atoms with van der Waals surface area (Å²) in [7, 11) is 5.65. The number of hydrogen-bond acceptors (Lipinski definition) is 7. The molecule has 0 aromatic heterocycles. The van der Waals surface area contributed by atoms with Gasteiger partial charge in [-0.2, -0.15) is 0 Å². The summed E-state index contributed by atoms with van der Waals surface area (Å²) in [5.41, 5.74) is 4.13. The zero-order valence-electron chi connectivity index (χ0n) is 21.8. The third-order valence-electron chi connectivity index (χ3n) is 6.30. The molecule has 0 fully saturated rings.